The molecular weight excluding hydrogens is 641 g/mol. The second-order valence-electron chi connectivity index (χ2n) is 14.7. The molecule has 0 saturated carbocycles. The highest BCUT2D eigenvalue weighted by molar-refractivity contribution is 6.09. The Kier molecular flexibility index (Phi) is 6.33. The first-order chi connectivity index (χ1) is 26.1. The molecule has 0 unspecified atom stereocenters. The lowest BCUT2D eigenvalue weighted by atomic mass is 9.70. The van der Waals surface area contributed by atoms with Crippen molar-refractivity contribution < 1.29 is 0 Å². The number of hydrogen-bond acceptors (Lipinski definition) is 1. The van der Waals surface area contributed by atoms with Crippen LogP contribution in [0.3, 0.4) is 0 Å². The predicted octanol–water partition coefficient (Wildman–Crippen LogP) is 13.2. The monoisotopic (exact) mass is 676 g/mol. The van der Waals surface area contributed by atoms with Gasteiger partial charge in [0, 0.05) is 33.5 Å². The number of hydrogen-bond donors (Lipinski definition) is 0. The van der Waals surface area contributed by atoms with Crippen molar-refractivity contribution in [1.82, 2.24) is 4.57 Å². The highest BCUT2D eigenvalue weighted by atomic mass is 15.1. The van der Waals surface area contributed by atoms with Crippen molar-refractivity contribution in [3.63, 3.8) is 0 Å². The zero-order valence-electron chi connectivity index (χ0n) is 29.7. The molecule has 2 aliphatic rings. The van der Waals surface area contributed by atoms with Crippen molar-refractivity contribution in [2.75, 3.05) is 4.90 Å². The third kappa shape index (κ3) is 4.15. The van der Waals surface area contributed by atoms with Crippen molar-refractivity contribution in [3.8, 4) is 27.9 Å². The Morgan fingerprint density at radius 2 is 0.849 bits per heavy atom. The Morgan fingerprint density at radius 1 is 0.377 bits per heavy atom. The van der Waals surface area contributed by atoms with Crippen LogP contribution < -0.4 is 4.90 Å². The minimum atomic E-state index is -0.409. The van der Waals surface area contributed by atoms with E-state index in [1.807, 2.05) is 0 Å². The van der Waals surface area contributed by atoms with Gasteiger partial charge in [0.25, 0.3) is 0 Å². The smallest absolute Gasteiger partial charge is 0.0726 e. The van der Waals surface area contributed by atoms with Crippen LogP contribution in [0.15, 0.2) is 182 Å². The lowest BCUT2D eigenvalue weighted by Gasteiger charge is -2.32. The Hall–Kier alpha value is -6.64. The average molecular weight is 677 g/mol. The van der Waals surface area contributed by atoms with Crippen molar-refractivity contribution >= 4 is 38.9 Å². The number of aryl methyl sites for hydroxylation is 2. The van der Waals surface area contributed by atoms with Crippen molar-refractivity contribution in [1.29, 1.82) is 0 Å². The van der Waals surface area contributed by atoms with Crippen LogP contribution in [0.4, 0.5) is 17.1 Å². The summed E-state index contributed by atoms with van der Waals surface area (Å²) in [5, 5.41) is 2.54. The zero-order chi connectivity index (χ0) is 35.3. The fraction of sp³-hybridized carbons (Fsp3) is 0.0588. The van der Waals surface area contributed by atoms with E-state index in [0.29, 0.717) is 0 Å². The molecule has 53 heavy (non-hydrogen) atoms. The highest BCUT2D eigenvalue weighted by Crippen LogP contribution is 2.63. The summed E-state index contributed by atoms with van der Waals surface area (Å²) in [5.41, 5.74) is 19.9. The molecule has 11 rings (SSSR count). The zero-order valence-corrected chi connectivity index (χ0v) is 29.7. The summed E-state index contributed by atoms with van der Waals surface area (Å²) in [4.78, 5) is 2.41. The van der Waals surface area contributed by atoms with E-state index in [1.165, 1.54) is 77.4 Å². The standard InChI is InChI=1S/C51H36N2/c1-33-20-27-40-41-28-21-34(2)31-47(41)51(46(40)30-33)45-17-9-6-14-39(45)42-29-26-38(32-48(42)51)52(35-12-4-3-5-13-35)36-22-24-37(25-23-36)53-49-18-10-7-15-43(49)44-16-8-11-19-50(44)53/h3-32H,1-2H3. The molecule has 1 spiro atoms. The maximum atomic E-state index is 2.48. The normalized spacial score (nSPS) is 13.2. The summed E-state index contributed by atoms with van der Waals surface area (Å²) in [5.74, 6) is 0. The van der Waals surface area contributed by atoms with Crippen LogP contribution in [-0.4, -0.2) is 4.57 Å². The molecule has 0 radical (unpaired) electrons. The number of para-hydroxylation sites is 3. The van der Waals surface area contributed by atoms with E-state index < -0.39 is 5.41 Å². The quantitative estimate of drug-likeness (QED) is 0.180. The fourth-order valence-electron chi connectivity index (χ4n) is 9.51. The van der Waals surface area contributed by atoms with Crippen LogP contribution in [0.25, 0.3) is 49.7 Å². The molecule has 1 aromatic heterocycles. The first-order valence-electron chi connectivity index (χ1n) is 18.5. The van der Waals surface area contributed by atoms with Gasteiger partial charge in [-0.15, -0.1) is 0 Å². The van der Waals surface area contributed by atoms with Gasteiger partial charge in [-0.1, -0.05) is 132 Å². The van der Waals surface area contributed by atoms with Crippen LogP contribution in [0.5, 0.6) is 0 Å². The van der Waals surface area contributed by atoms with Gasteiger partial charge in [-0.05, 0) is 119 Å². The van der Waals surface area contributed by atoms with E-state index in [9.17, 15) is 0 Å². The van der Waals surface area contributed by atoms with E-state index in [2.05, 4.69) is 205 Å². The SMILES string of the molecule is Cc1ccc2c(c1)C1(c3ccccc3-c3ccc(N(c4ccccc4)c4ccc(-n5c6ccccc6c6ccccc65)cc4)cc31)c1cc(C)ccc1-2. The van der Waals surface area contributed by atoms with E-state index in [-0.39, 0.29) is 0 Å². The molecule has 2 aliphatic carbocycles. The van der Waals surface area contributed by atoms with Gasteiger partial charge in [-0.25, -0.2) is 0 Å². The van der Waals surface area contributed by atoms with Gasteiger partial charge >= 0.3 is 0 Å². The molecular formula is C51H36N2. The van der Waals surface area contributed by atoms with Gasteiger partial charge in [-0.2, -0.15) is 0 Å². The Labute approximate surface area is 309 Å². The molecule has 0 saturated heterocycles. The van der Waals surface area contributed by atoms with Crippen LogP contribution in [0.1, 0.15) is 33.4 Å². The van der Waals surface area contributed by atoms with Crippen LogP contribution in [-0.2, 0) is 5.41 Å². The van der Waals surface area contributed by atoms with Crippen LogP contribution in [0.2, 0.25) is 0 Å². The van der Waals surface area contributed by atoms with Crippen molar-refractivity contribution in [2.45, 2.75) is 19.3 Å². The molecule has 1 heterocycles. The van der Waals surface area contributed by atoms with Gasteiger partial charge in [0.15, 0.2) is 0 Å². The second-order valence-corrected chi connectivity index (χ2v) is 14.7. The van der Waals surface area contributed by atoms with Gasteiger partial charge in [0.05, 0.1) is 16.4 Å². The highest BCUT2D eigenvalue weighted by Gasteiger charge is 2.52. The summed E-state index contributed by atoms with van der Waals surface area (Å²) in [6.07, 6.45) is 0. The molecule has 2 heteroatoms. The summed E-state index contributed by atoms with van der Waals surface area (Å²) in [7, 11) is 0. The second kappa shape index (κ2) is 11.2. The molecule has 8 aromatic carbocycles. The maximum absolute atomic E-state index is 2.48. The van der Waals surface area contributed by atoms with E-state index in [0.717, 1.165) is 22.7 Å². The van der Waals surface area contributed by atoms with Gasteiger partial charge in [-0.3, -0.25) is 0 Å². The maximum Gasteiger partial charge on any atom is 0.0726 e. The summed E-state index contributed by atoms with van der Waals surface area (Å²) < 4.78 is 2.39. The third-order valence-electron chi connectivity index (χ3n) is 11.7. The van der Waals surface area contributed by atoms with E-state index in [1.54, 1.807) is 0 Å². The third-order valence-corrected chi connectivity index (χ3v) is 11.7. The number of fused-ring (bicyclic) bond motifs is 13. The summed E-state index contributed by atoms with van der Waals surface area (Å²) in [6, 6.07) is 67.6. The molecule has 0 fully saturated rings. The number of nitrogens with zero attached hydrogens (tertiary/aromatic N) is 2. The summed E-state index contributed by atoms with van der Waals surface area (Å²) in [6.45, 7) is 4.45. The largest absolute Gasteiger partial charge is 0.310 e. The first kappa shape index (κ1) is 30.0. The molecule has 0 aliphatic heterocycles. The van der Waals surface area contributed by atoms with Gasteiger partial charge in [0.1, 0.15) is 0 Å². The van der Waals surface area contributed by atoms with Crippen LogP contribution in [0, 0.1) is 13.8 Å². The van der Waals surface area contributed by atoms with Gasteiger partial charge < -0.3 is 9.47 Å². The molecule has 0 amide bonds. The van der Waals surface area contributed by atoms with E-state index >= 15 is 0 Å². The molecule has 250 valence electrons. The minimum Gasteiger partial charge on any atom is -0.310 e. The van der Waals surface area contributed by atoms with Gasteiger partial charge in [0.2, 0.25) is 0 Å². The molecule has 0 bridgehead atoms. The van der Waals surface area contributed by atoms with E-state index in [4.69, 9.17) is 0 Å². The predicted molar refractivity (Wildman–Crippen MR) is 221 cm³/mol. The summed E-state index contributed by atoms with van der Waals surface area (Å²) >= 11 is 0. The first-order valence-corrected chi connectivity index (χ1v) is 18.5. The lowest BCUT2D eigenvalue weighted by molar-refractivity contribution is 0.791. The Bertz CT molecular complexity index is 2810. The Morgan fingerprint density at radius 3 is 1.49 bits per heavy atom. The number of anilines is 3. The Balaban J connectivity index is 1.13. The fourth-order valence-corrected chi connectivity index (χ4v) is 9.51. The molecule has 0 atom stereocenters. The molecule has 0 N–H and O–H groups in total. The topological polar surface area (TPSA) is 8.17 Å². The van der Waals surface area contributed by atoms with Crippen molar-refractivity contribution in [3.05, 3.63) is 215 Å². The van der Waals surface area contributed by atoms with Crippen LogP contribution >= 0.6 is 0 Å². The number of rotatable bonds is 4. The van der Waals surface area contributed by atoms with Crippen molar-refractivity contribution in [2.24, 2.45) is 0 Å². The molecule has 2 nitrogen and oxygen atoms in total. The lowest BCUT2D eigenvalue weighted by Crippen LogP contribution is -2.26. The number of aromatic nitrogens is 1. The number of benzene rings is 8. The molecule has 9 aromatic rings. The average Bonchev–Trinajstić information content (AvgIpc) is 3.80. The minimum absolute atomic E-state index is 0.409.